The molecule has 2 rings (SSSR count). The van der Waals surface area contributed by atoms with Crippen molar-refractivity contribution in [2.24, 2.45) is 0 Å². The van der Waals surface area contributed by atoms with Gasteiger partial charge in [-0.25, -0.2) is 0 Å². The zero-order chi connectivity index (χ0) is 28.1. The Morgan fingerprint density at radius 1 is 0.703 bits per heavy atom. The van der Waals surface area contributed by atoms with Crippen molar-refractivity contribution in [2.75, 3.05) is 11.5 Å². The number of hydrogen-bond donors (Lipinski definition) is 4. The third-order valence-electron chi connectivity index (χ3n) is 6.23. The van der Waals surface area contributed by atoms with E-state index in [1.165, 1.54) is 0 Å². The van der Waals surface area contributed by atoms with Crippen LogP contribution in [0.5, 0.6) is 0 Å². The van der Waals surface area contributed by atoms with Gasteiger partial charge in [0.1, 0.15) is 10.5 Å². The lowest BCUT2D eigenvalue weighted by atomic mass is 10.1. The van der Waals surface area contributed by atoms with Crippen LogP contribution in [0.2, 0.25) is 38.3 Å². The van der Waals surface area contributed by atoms with Gasteiger partial charge in [0.05, 0.1) is 0 Å². The lowest BCUT2D eigenvalue weighted by Crippen LogP contribution is -2.44. The molecule has 0 fully saturated rings. The van der Waals surface area contributed by atoms with Crippen molar-refractivity contribution in [3.8, 4) is 0 Å². The van der Waals surface area contributed by atoms with Crippen molar-refractivity contribution in [1.29, 1.82) is 0 Å². The van der Waals surface area contributed by atoms with E-state index in [0.29, 0.717) is 47.4 Å². The molecule has 0 aliphatic rings. The Morgan fingerprint density at radius 2 is 1.03 bits per heavy atom. The van der Waals surface area contributed by atoms with Gasteiger partial charge in [-0.1, -0.05) is 37.1 Å². The Balaban J connectivity index is 2.14. The van der Waals surface area contributed by atoms with Gasteiger partial charge < -0.3 is 15.6 Å². The molecule has 0 aliphatic heterocycles. The standard InChI is InChI=1S/C24H40N2O7S2Si2/c1-36(2,3)33-37(4,17-5-7-23(34(27,28)29)19-9-13-21(25)14-10-19)18-6-8-24(35(30,31)32)20-11-15-22(26)16-12-20/h9-16,23-24H,5-8,17-18,25-26H2,1-4H3,(H,27,28,29)(H,30,31,32). The third-order valence-corrected chi connectivity index (χ3v) is 15.9. The van der Waals surface area contributed by atoms with E-state index in [1.54, 1.807) is 48.5 Å². The van der Waals surface area contributed by atoms with Crippen LogP contribution in [0.3, 0.4) is 0 Å². The first-order valence-corrected chi connectivity index (χ1v) is 21.5. The summed E-state index contributed by atoms with van der Waals surface area (Å²) in [5, 5.41) is -2.12. The van der Waals surface area contributed by atoms with Crippen molar-refractivity contribution >= 4 is 48.2 Å². The largest absolute Gasteiger partial charge is 0.456 e. The van der Waals surface area contributed by atoms with Gasteiger partial charge in [-0.2, -0.15) is 16.8 Å². The molecule has 2 aromatic rings. The smallest absolute Gasteiger partial charge is 0.271 e. The molecule has 0 saturated heterocycles. The van der Waals surface area contributed by atoms with Crippen molar-refractivity contribution < 1.29 is 30.1 Å². The summed E-state index contributed by atoms with van der Waals surface area (Å²) in [6.07, 6.45) is 1.47. The van der Waals surface area contributed by atoms with Gasteiger partial charge in [-0.15, -0.1) is 0 Å². The quantitative estimate of drug-likeness (QED) is 0.128. The Labute approximate surface area is 223 Å². The maximum absolute atomic E-state index is 12.1. The normalized spacial score (nSPS) is 16.2. The Bertz CT molecular complexity index is 1140. The SMILES string of the molecule is C[Si](C)(C)O[Si](C)(CCCC(c1ccc(N)cc1)S(=O)(=O)O)CCCC(c1ccc(N)cc1)S(=O)(=O)O. The van der Waals surface area contributed by atoms with E-state index in [-0.39, 0.29) is 12.8 Å². The van der Waals surface area contributed by atoms with Crippen LogP contribution in [0.25, 0.3) is 0 Å². The van der Waals surface area contributed by atoms with Crippen LogP contribution in [0.4, 0.5) is 11.4 Å². The second-order valence-corrected chi connectivity index (χ2v) is 22.9. The molecule has 0 heterocycles. The van der Waals surface area contributed by atoms with Gasteiger partial charge in [-0.05, 0) is 86.5 Å². The molecular formula is C24H40N2O7S2Si2. The van der Waals surface area contributed by atoms with E-state index in [9.17, 15) is 25.9 Å². The van der Waals surface area contributed by atoms with Crippen LogP contribution in [0.1, 0.15) is 47.3 Å². The molecule has 2 aromatic carbocycles. The van der Waals surface area contributed by atoms with Crippen LogP contribution >= 0.6 is 0 Å². The number of hydrogen-bond acceptors (Lipinski definition) is 7. The highest BCUT2D eigenvalue weighted by Crippen LogP contribution is 2.34. The molecule has 0 radical (unpaired) electrons. The molecule has 208 valence electrons. The number of nitrogens with two attached hydrogens (primary N) is 2. The van der Waals surface area contributed by atoms with E-state index >= 15 is 0 Å². The Hall–Kier alpha value is -1.75. The van der Waals surface area contributed by atoms with E-state index in [2.05, 4.69) is 26.2 Å². The topological polar surface area (TPSA) is 170 Å². The zero-order valence-electron chi connectivity index (χ0n) is 21.9. The maximum Gasteiger partial charge on any atom is 0.271 e. The molecule has 0 bridgehead atoms. The van der Waals surface area contributed by atoms with E-state index in [4.69, 9.17) is 15.6 Å². The van der Waals surface area contributed by atoms with E-state index in [0.717, 1.165) is 0 Å². The van der Waals surface area contributed by atoms with Gasteiger partial charge >= 0.3 is 0 Å². The van der Waals surface area contributed by atoms with E-state index in [1.807, 2.05) is 0 Å². The predicted molar refractivity (Wildman–Crippen MR) is 154 cm³/mol. The molecule has 6 N–H and O–H groups in total. The molecule has 0 saturated carbocycles. The number of nitrogen functional groups attached to an aromatic ring is 2. The minimum Gasteiger partial charge on any atom is -0.456 e. The maximum atomic E-state index is 12.1. The summed E-state index contributed by atoms with van der Waals surface area (Å²) >= 11 is 0. The van der Waals surface area contributed by atoms with E-state index < -0.39 is 47.4 Å². The molecule has 0 aliphatic carbocycles. The lowest BCUT2D eigenvalue weighted by Gasteiger charge is -2.35. The highest BCUT2D eigenvalue weighted by molar-refractivity contribution is 7.86. The van der Waals surface area contributed by atoms with Crippen LogP contribution in [0, 0.1) is 0 Å². The van der Waals surface area contributed by atoms with Crippen LogP contribution in [-0.4, -0.2) is 42.6 Å². The molecule has 9 nitrogen and oxygen atoms in total. The molecule has 2 atom stereocenters. The molecule has 0 spiro atoms. The van der Waals surface area contributed by atoms with Crippen molar-refractivity contribution in [3.63, 3.8) is 0 Å². The van der Waals surface area contributed by atoms with Crippen LogP contribution < -0.4 is 11.5 Å². The summed E-state index contributed by atoms with van der Waals surface area (Å²) in [5.74, 6) is 0. The second-order valence-electron chi connectivity index (χ2n) is 10.8. The first kappa shape index (κ1) is 31.5. The monoisotopic (exact) mass is 588 g/mol. The lowest BCUT2D eigenvalue weighted by molar-refractivity contribution is 0.460. The van der Waals surface area contributed by atoms with Gasteiger partial charge in [-0.3, -0.25) is 9.11 Å². The molecular weight excluding hydrogens is 549 g/mol. The molecule has 13 heteroatoms. The number of benzene rings is 2. The number of rotatable bonds is 14. The second kappa shape index (κ2) is 12.4. The summed E-state index contributed by atoms with van der Waals surface area (Å²) in [5.41, 5.74) is 13.4. The van der Waals surface area contributed by atoms with Crippen LogP contribution in [0.15, 0.2) is 48.5 Å². The Kier molecular flexibility index (Phi) is 10.6. The molecule has 2 unspecified atom stereocenters. The summed E-state index contributed by atoms with van der Waals surface area (Å²) in [6, 6.07) is 14.1. The molecule has 0 aromatic heterocycles. The summed E-state index contributed by atoms with van der Waals surface area (Å²) in [6.45, 7) is 8.34. The highest BCUT2D eigenvalue weighted by Gasteiger charge is 2.36. The van der Waals surface area contributed by atoms with Gasteiger partial charge in [0.25, 0.3) is 20.2 Å². The Morgan fingerprint density at radius 3 is 1.30 bits per heavy atom. The zero-order valence-corrected chi connectivity index (χ0v) is 25.6. The van der Waals surface area contributed by atoms with Crippen molar-refractivity contribution in [2.45, 2.75) is 74.5 Å². The highest BCUT2D eigenvalue weighted by atomic mass is 32.2. The van der Waals surface area contributed by atoms with Crippen LogP contribution in [-0.2, 0) is 24.4 Å². The average molecular weight is 589 g/mol. The van der Waals surface area contributed by atoms with Gasteiger partial charge in [0.15, 0.2) is 16.6 Å². The van der Waals surface area contributed by atoms with Crippen molar-refractivity contribution in [1.82, 2.24) is 0 Å². The fraction of sp³-hybridized carbons (Fsp3) is 0.500. The first-order chi connectivity index (χ1) is 16.9. The third kappa shape index (κ3) is 10.5. The molecule has 37 heavy (non-hydrogen) atoms. The summed E-state index contributed by atoms with van der Waals surface area (Å²) in [7, 11) is -13.0. The van der Waals surface area contributed by atoms with Crippen molar-refractivity contribution in [3.05, 3.63) is 59.7 Å². The average Bonchev–Trinajstić information content (AvgIpc) is 2.73. The molecule has 0 amide bonds. The predicted octanol–water partition coefficient (Wildman–Crippen LogP) is 5.40. The first-order valence-electron chi connectivity index (χ1n) is 12.2. The minimum atomic E-state index is -4.32. The summed E-state index contributed by atoms with van der Waals surface area (Å²) < 4.78 is 74.8. The minimum absolute atomic E-state index is 0.222. The summed E-state index contributed by atoms with van der Waals surface area (Å²) in [4.78, 5) is 0. The van der Waals surface area contributed by atoms with Gasteiger partial charge in [0.2, 0.25) is 0 Å². The fourth-order valence-corrected chi connectivity index (χ4v) is 15.5. The number of anilines is 2. The fourth-order valence-electron chi connectivity index (χ4n) is 4.69. The van der Waals surface area contributed by atoms with Gasteiger partial charge in [0, 0.05) is 11.4 Å².